The predicted octanol–water partition coefficient (Wildman–Crippen LogP) is 0.871. The van der Waals surface area contributed by atoms with E-state index in [0.29, 0.717) is 32.0 Å². The van der Waals surface area contributed by atoms with E-state index < -0.39 is 17.7 Å². The summed E-state index contributed by atoms with van der Waals surface area (Å²) in [4.78, 5) is 20.5. The Hall–Kier alpha value is -1.70. The van der Waals surface area contributed by atoms with Crippen molar-refractivity contribution >= 4 is 11.8 Å². The van der Waals surface area contributed by atoms with E-state index in [4.69, 9.17) is 15.2 Å². The SMILES string of the molecule is N#CC1(CCNNC2CCCC2)NCCC1=O.O=C(O)C(F)(F)F. The molecule has 0 aromatic rings. The smallest absolute Gasteiger partial charge is 0.475 e. The van der Waals surface area contributed by atoms with Crippen molar-refractivity contribution in [3.05, 3.63) is 0 Å². The third-order valence-electron chi connectivity index (χ3n) is 3.97. The third-order valence-corrected chi connectivity index (χ3v) is 3.97. The third kappa shape index (κ3) is 6.07. The zero-order valence-electron chi connectivity index (χ0n) is 13.1. The highest BCUT2D eigenvalue weighted by Gasteiger charge is 2.41. The van der Waals surface area contributed by atoms with Crippen LogP contribution in [-0.4, -0.2) is 47.7 Å². The number of hydrogen-bond donors (Lipinski definition) is 4. The average Bonchev–Trinajstić information content (AvgIpc) is 3.14. The number of carboxylic acid groups (broad SMARTS) is 1. The molecular formula is C14H21F3N4O3. The minimum Gasteiger partial charge on any atom is -0.475 e. The van der Waals surface area contributed by atoms with Crippen LogP contribution in [0.4, 0.5) is 13.2 Å². The van der Waals surface area contributed by atoms with Gasteiger partial charge in [-0.1, -0.05) is 12.8 Å². The first kappa shape index (κ1) is 20.3. The van der Waals surface area contributed by atoms with E-state index in [1.165, 1.54) is 25.7 Å². The largest absolute Gasteiger partial charge is 0.490 e. The van der Waals surface area contributed by atoms with Crippen LogP contribution < -0.4 is 16.2 Å². The Labute approximate surface area is 137 Å². The maximum absolute atomic E-state index is 11.6. The number of halogens is 3. The van der Waals surface area contributed by atoms with Gasteiger partial charge < -0.3 is 5.11 Å². The molecule has 7 nitrogen and oxygen atoms in total. The van der Waals surface area contributed by atoms with E-state index in [2.05, 4.69) is 22.2 Å². The number of carbonyl (C=O) groups is 2. The molecule has 1 unspecified atom stereocenters. The summed E-state index contributed by atoms with van der Waals surface area (Å²) in [6.07, 6.45) is 0.940. The summed E-state index contributed by atoms with van der Waals surface area (Å²) in [5, 5.41) is 19.3. The molecule has 1 saturated carbocycles. The number of nitrogens with zero attached hydrogens (tertiary/aromatic N) is 1. The molecule has 2 rings (SSSR count). The second kappa shape index (κ2) is 8.96. The number of aliphatic carboxylic acids is 1. The summed E-state index contributed by atoms with van der Waals surface area (Å²) >= 11 is 0. The minimum absolute atomic E-state index is 0.0302. The van der Waals surface area contributed by atoms with Crippen LogP contribution in [0.5, 0.6) is 0 Å². The molecule has 24 heavy (non-hydrogen) atoms. The molecule has 1 atom stereocenters. The molecule has 2 aliphatic rings. The standard InChI is InChI=1S/C12H20N4O.C2HF3O2/c13-9-12(11(17)5-7-14-12)6-8-15-16-10-3-1-2-4-10;3-2(4,5)1(6)7/h10,14-16H,1-8H2;(H,6,7). The highest BCUT2D eigenvalue weighted by molar-refractivity contribution is 5.93. The van der Waals surface area contributed by atoms with Gasteiger partial charge in [-0.25, -0.2) is 4.79 Å². The Morgan fingerprint density at radius 3 is 2.42 bits per heavy atom. The molecule has 0 radical (unpaired) electrons. The predicted molar refractivity (Wildman–Crippen MR) is 77.7 cm³/mol. The molecule has 1 aliphatic carbocycles. The van der Waals surface area contributed by atoms with Gasteiger partial charge in [0.05, 0.1) is 6.07 Å². The van der Waals surface area contributed by atoms with E-state index in [9.17, 15) is 18.0 Å². The van der Waals surface area contributed by atoms with Gasteiger partial charge in [0.25, 0.3) is 0 Å². The number of ketones is 1. The Bertz CT molecular complexity index is 487. The van der Waals surface area contributed by atoms with Crippen molar-refractivity contribution < 1.29 is 27.9 Å². The molecule has 0 aromatic heterocycles. The molecule has 0 spiro atoms. The van der Waals surface area contributed by atoms with Gasteiger partial charge in [-0.05, 0) is 12.8 Å². The first-order valence-electron chi connectivity index (χ1n) is 7.69. The topological polar surface area (TPSA) is 114 Å². The molecule has 136 valence electrons. The monoisotopic (exact) mass is 350 g/mol. The summed E-state index contributed by atoms with van der Waals surface area (Å²) in [5.41, 5.74) is 5.46. The molecule has 0 bridgehead atoms. The van der Waals surface area contributed by atoms with Crippen molar-refractivity contribution in [2.75, 3.05) is 13.1 Å². The Morgan fingerprint density at radius 1 is 1.42 bits per heavy atom. The molecule has 10 heteroatoms. The van der Waals surface area contributed by atoms with Crippen LogP contribution in [0.15, 0.2) is 0 Å². The van der Waals surface area contributed by atoms with E-state index in [0.717, 1.165) is 0 Å². The fourth-order valence-electron chi connectivity index (χ4n) is 2.62. The van der Waals surface area contributed by atoms with E-state index in [1.54, 1.807) is 0 Å². The van der Waals surface area contributed by atoms with Crippen LogP contribution in [0.2, 0.25) is 0 Å². The van der Waals surface area contributed by atoms with Crippen LogP contribution in [-0.2, 0) is 9.59 Å². The number of hydrogen-bond acceptors (Lipinski definition) is 6. The first-order valence-corrected chi connectivity index (χ1v) is 7.69. The molecule has 0 aromatic carbocycles. The lowest BCUT2D eigenvalue weighted by Crippen LogP contribution is -2.48. The van der Waals surface area contributed by atoms with E-state index in [-0.39, 0.29) is 5.78 Å². The zero-order valence-corrected chi connectivity index (χ0v) is 13.1. The summed E-state index contributed by atoms with van der Waals surface area (Å²) in [6.45, 7) is 1.27. The van der Waals surface area contributed by atoms with Gasteiger partial charge in [-0.2, -0.15) is 18.4 Å². The number of nitrogens with one attached hydrogen (secondary N) is 3. The highest BCUT2D eigenvalue weighted by Crippen LogP contribution is 2.19. The maximum atomic E-state index is 11.6. The van der Waals surface area contributed by atoms with Crippen molar-refractivity contribution in [3.8, 4) is 6.07 Å². The van der Waals surface area contributed by atoms with Crippen molar-refractivity contribution in [1.29, 1.82) is 5.26 Å². The van der Waals surface area contributed by atoms with Crippen LogP contribution in [0.1, 0.15) is 38.5 Å². The molecule has 2 fully saturated rings. The second-order valence-corrected chi connectivity index (χ2v) is 5.72. The van der Waals surface area contributed by atoms with Gasteiger partial charge in [0.15, 0.2) is 11.3 Å². The molecular weight excluding hydrogens is 329 g/mol. The Balaban J connectivity index is 0.000000351. The molecule has 1 aliphatic heterocycles. The molecule has 4 N–H and O–H groups in total. The number of nitriles is 1. The Kier molecular flexibility index (Phi) is 7.59. The average molecular weight is 350 g/mol. The fourth-order valence-corrected chi connectivity index (χ4v) is 2.62. The van der Waals surface area contributed by atoms with Gasteiger partial charge in [0.2, 0.25) is 0 Å². The first-order chi connectivity index (χ1) is 11.2. The molecule has 1 heterocycles. The van der Waals surface area contributed by atoms with Crippen molar-refractivity contribution in [2.45, 2.75) is 56.3 Å². The zero-order chi connectivity index (χ0) is 18.2. The number of Topliss-reactive ketones (excluding diaryl/α,β-unsaturated/α-hetero) is 1. The van der Waals surface area contributed by atoms with Crippen molar-refractivity contribution in [3.63, 3.8) is 0 Å². The number of alkyl halides is 3. The summed E-state index contributed by atoms with van der Waals surface area (Å²) in [5.74, 6) is -2.73. The van der Waals surface area contributed by atoms with Crippen molar-refractivity contribution in [2.24, 2.45) is 0 Å². The van der Waals surface area contributed by atoms with Gasteiger partial charge in [-0.3, -0.25) is 21.0 Å². The second-order valence-electron chi connectivity index (χ2n) is 5.72. The number of carboxylic acids is 1. The van der Waals surface area contributed by atoms with Crippen molar-refractivity contribution in [1.82, 2.24) is 16.2 Å². The number of hydrazine groups is 1. The molecule has 0 amide bonds. The van der Waals surface area contributed by atoms with E-state index in [1.807, 2.05) is 0 Å². The fraction of sp³-hybridized carbons (Fsp3) is 0.786. The summed E-state index contributed by atoms with van der Waals surface area (Å²) < 4.78 is 31.7. The lowest BCUT2D eigenvalue weighted by Gasteiger charge is -2.20. The lowest BCUT2D eigenvalue weighted by atomic mass is 9.94. The normalized spacial score (nSPS) is 24.3. The lowest BCUT2D eigenvalue weighted by molar-refractivity contribution is -0.192. The van der Waals surface area contributed by atoms with Gasteiger partial charge in [0, 0.05) is 32.0 Å². The Morgan fingerprint density at radius 2 is 2.00 bits per heavy atom. The summed E-state index contributed by atoms with van der Waals surface area (Å²) in [7, 11) is 0. The highest BCUT2D eigenvalue weighted by atomic mass is 19.4. The van der Waals surface area contributed by atoms with Crippen LogP contribution >= 0.6 is 0 Å². The maximum Gasteiger partial charge on any atom is 0.490 e. The number of rotatable bonds is 5. The molecule has 1 saturated heterocycles. The van der Waals surface area contributed by atoms with E-state index >= 15 is 0 Å². The summed E-state index contributed by atoms with van der Waals surface area (Å²) in [6, 6.07) is 2.68. The van der Waals surface area contributed by atoms with Crippen LogP contribution in [0.3, 0.4) is 0 Å². The van der Waals surface area contributed by atoms with Gasteiger partial charge >= 0.3 is 12.1 Å². The van der Waals surface area contributed by atoms with Gasteiger partial charge in [-0.15, -0.1) is 0 Å². The number of carbonyl (C=O) groups excluding carboxylic acids is 1. The minimum atomic E-state index is -5.08. The van der Waals surface area contributed by atoms with Crippen LogP contribution in [0, 0.1) is 11.3 Å². The quantitative estimate of drug-likeness (QED) is 0.430. The van der Waals surface area contributed by atoms with Gasteiger partial charge in [0.1, 0.15) is 0 Å². The van der Waals surface area contributed by atoms with Crippen LogP contribution in [0.25, 0.3) is 0 Å².